The average Bonchev–Trinajstić information content (AvgIpc) is 2.99. The molecule has 0 aliphatic heterocycles. The van der Waals surface area contributed by atoms with Gasteiger partial charge in [-0.1, -0.05) is 13.8 Å². The Bertz CT molecular complexity index is 652. The molecule has 1 N–H and O–H groups in total. The quantitative estimate of drug-likeness (QED) is 0.834. The molecule has 0 spiro atoms. The Morgan fingerprint density at radius 3 is 2.50 bits per heavy atom. The second-order valence-electron chi connectivity index (χ2n) is 4.61. The highest BCUT2D eigenvalue weighted by Crippen LogP contribution is 2.26. The highest BCUT2D eigenvalue weighted by atomic mass is 79.9. The lowest BCUT2D eigenvalue weighted by molar-refractivity contribution is 0.361. The van der Waals surface area contributed by atoms with E-state index in [0.717, 1.165) is 3.79 Å². The Kier molecular flexibility index (Phi) is 4.95. The minimum Gasteiger partial charge on any atom is -0.206 e. The Morgan fingerprint density at radius 2 is 2.00 bits per heavy atom. The van der Waals surface area contributed by atoms with Crippen molar-refractivity contribution in [1.82, 2.24) is 19.7 Å². The number of nitrogens with zero attached hydrogens (tertiary/aromatic N) is 3. The van der Waals surface area contributed by atoms with Crippen LogP contribution in [0.2, 0.25) is 0 Å². The fraction of sp³-hybridized carbons (Fsp3) is 0.455. The molecule has 0 saturated carbocycles. The molecule has 1 atom stereocenters. The van der Waals surface area contributed by atoms with E-state index in [9.17, 15) is 8.42 Å². The average molecular weight is 379 g/mol. The Labute approximate surface area is 130 Å². The van der Waals surface area contributed by atoms with Gasteiger partial charge in [-0.3, -0.25) is 0 Å². The summed E-state index contributed by atoms with van der Waals surface area (Å²) in [7, 11) is -3.52. The smallest absolute Gasteiger partial charge is 0.206 e. The summed E-state index contributed by atoms with van der Waals surface area (Å²) < 4.78 is 28.4. The first-order chi connectivity index (χ1) is 9.38. The van der Waals surface area contributed by atoms with E-state index >= 15 is 0 Å². The van der Waals surface area contributed by atoms with Gasteiger partial charge in [0.2, 0.25) is 10.0 Å². The van der Waals surface area contributed by atoms with Crippen molar-refractivity contribution >= 4 is 37.3 Å². The first kappa shape index (κ1) is 15.6. The van der Waals surface area contributed by atoms with Crippen LogP contribution in [-0.4, -0.2) is 29.5 Å². The van der Waals surface area contributed by atoms with Crippen molar-refractivity contribution in [2.24, 2.45) is 5.92 Å². The van der Waals surface area contributed by atoms with Crippen LogP contribution >= 0.6 is 27.3 Å². The molecule has 0 bridgehead atoms. The Hall–Kier alpha value is -0.770. The molecule has 6 nitrogen and oxygen atoms in total. The maximum Gasteiger partial charge on any atom is 0.250 e. The van der Waals surface area contributed by atoms with Gasteiger partial charge in [-0.05, 0) is 34.0 Å². The molecule has 2 rings (SSSR count). The largest absolute Gasteiger partial charge is 0.250 e. The number of hydrogen-bond donors (Lipinski definition) is 1. The second kappa shape index (κ2) is 6.33. The molecule has 2 aromatic heterocycles. The summed E-state index contributed by atoms with van der Waals surface area (Å²) in [6, 6.07) is 3.03. The highest BCUT2D eigenvalue weighted by molar-refractivity contribution is 9.11. The first-order valence-electron chi connectivity index (χ1n) is 6.00. The van der Waals surface area contributed by atoms with Gasteiger partial charge in [-0.25, -0.2) is 13.1 Å². The van der Waals surface area contributed by atoms with E-state index in [0.29, 0.717) is 10.8 Å². The van der Waals surface area contributed by atoms with Crippen LogP contribution in [-0.2, 0) is 16.6 Å². The molecule has 0 unspecified atom stereocenters. The van der Waals surface area contributed by atoms with E-state index in [2.05, 4.69) is 30.8 Å². The van der Waals surface area contributed by atoms with Crippen molar-refractivity contribution in [3.8, 4) is 0 Å². The summed E-state index contributed by atoms with van der Waals surface area (Å²) >= 11 is 4.46. The van der Waals surface area contributed by atoms with Gasteiger partial charge < -0.3 is 0 Å². The zero-order valence-corrected chi connectivity index (χ0v) is 14.2. The van der Waals surface area contributed by atoms with Crippen LogP contribution in [0.3, 0.4) is 0 Å². The maximum atomic E-state index is 12.3. The lowest BCUT2D eigenvalue weighted by Crippen LogP contribution is -2.41. The van der Waals surface area contributed by atoms with Crippen LogP contribution in [0.1, 0.15) is 13.8 Å². The molecule has 110 valence electrons. The van der Waals surface area contributed by atoms with E-state index in [1.807, 2.05) is 13.8 Å². The van der Waals surface area contributed by atoms with E-state index in [4.69, 9.17) is 0 Å². The molecule has 2 aromatic rings. The van der Waals surface area contributed by atoms with Crippen LogP contribution in [0.4, 0.5) is 0 Å². The van der Waals surface area contributed by atoms with E-state index < -0.39 is 10.0 Å². The minimum absolute atomic E-state index is 0.124. The predicted octanol–water partition coefficient (Wildman–Crippen LogP) is 2.11. The van der Waals surface area contributed by atoms with E-state index in [1.54, 1.807) is 24.5 Å². The number of thiophene rings is 1. The lowest BCUT2D eigenvalue weighted by Gasteiger charge is -2.21. The Balaban J connectivity index is 2.15. The number of hydrogen-bond acceptors (Lipinski definition) is 5. The standard InChI is InChI=1S/C11H15BrN4O2S2/c1-8(2)9(7-16-13-5-6-14-16)15-20(17,18)11-4-3-10(12)19-11/h3-6,8-9,15H,7H2,1-2H3/t9-/m1/s1. The van der Waals surface area contributed by atoms with Crippen molar-refractivity contribution in [2.75, 3.05) is 0 Å². The first-order valence-corrected chi connectivity index (χ1v) is 9.09. The molecule has 9 heteroatoms. The fourth-order valence-corrected chi connectivity index (χ4v) is 5.00. The van der Waals surface area contributed by atoms with E-state index in [1.165, 1.54) is 16.1 Å². The summed E-state index contributed by atoms with van der Waals surface area (Å²) in [5, 5.41) is 8.02. The van der Waals surface area contributed by atoms with Crippen LogP contribution in [0.5, 0.6) is 0 Å². The molecular weight excluding hydrogens is 364 g/mol. The molecule has 0 aliphatic rings. The second-order valence-corrected chi connectivity index (χ2v) is 9.02. The van der Waals surface area contributed by atoms with Gasteiger partial charge in [0.05, 0.1) is 22.7 Å². The van der Waals surface area contributed by atoms with Crippen LogP contribution < -0.4 is 4.72 Å². The van der Waals surface area contributed by atoms with E-state index in [-0.39, 0.29) is 12.0 Å². The normalized spacial score (nSPS) is 13.8. The van der Waals surface area contributed by atoms with Gasteiger partial charge in [0.15, 0.2) is 0 Å². The van der Waals surface area contributed by atoms with Gasteiger partial charge in [0, 0.05) is 6.04 Å². The van der Waals surface area contributed by atoms with Crippen LogP contribution in [0.15, 0.2) is 32.5 Å². The topological polar surface area (TPSA) is 76.9 Å². The third-order valence-corrected chi connectivity index (χ3v) is 6.36. The summed E-state index contributed by atoms with van der Waals surface area (Å²) in [5.41, 5.74) is 0. The van der Waals surface area contributed by atoms with Gasteiger partial charge >= 0.3 is 0 Å². The molecule has 0 radical (unpaired) electrons. The molecule has 0 aliphatic carbocycles. The molecule has 2 heterocycles. The molecule has 0 amide bonds. The van der Waals surface area contributed by atoms with Crippen molar-refractivity contribution in [3.05, 3.63) is 28.3 Å². The SMILES string of the molecule is CC(C)[C@@H](Cn1nccn1)NS(=O)(=O)c1ccc(Br)s1. The predicted molar refractivity (Wildman–Crippen MR) is 81.0 cm³/mol. The molecule has 0 aromatic carbocycles. The lowest BCUT2D eigenvalue weighted by atomic mass is 10.1. The number of rotatable bonds is 6. The van der Waals surface area contributed by atoms with Crippen molar-refractivity contribution in [2.45, 2.75) is 30.6 Å². The number of aromatic nitrogens is 3. The third kappa shape index (κ3) is 3.87. The Morgan fingerprint density at radius 1 is 1.35 bits per heavy atom. The van der Waals surface area contributed by atoms with Crippen molar-refractivity contribution in [1.29, 1.82) is 0 Å². The molecule has 0 fully saturated rings. The number of nitrogens with one attached hydrogen (secondary N) is 1. The maximum absolute atomic E-state index is 12.3. The van der Waals surface area contributed by atoms with Gasteiger partial charge in [0.25, 0.3) is 0 Å². The third-order valence-electron chi connectivity index (χ3n) is 2.75. The number of sulfonamides is 1. The molecule has 0 saturated heterocycles. The monoisotopic (exact) mass is 378 g/mol. The van der Waals surface area contributed by atoms with Crippen LogP contribution in [0, 0.1) is 5.92 Å². The molecular formula is C11H15BrN4O2S2. The van der Waals surface area contributed by atoms with Gasteiger partial charge in [-0.2, -0.15) is 15.0 Å². The van der Waals surface area contributed by atoms with Crippen molar-refractivity contribution in [3.63, 3.8) is 0 Å². The van der Waals surface area contributed by atoms with Crippen molar-refractivity contribution < 1.29 is 8.42 Å². The summed E-state index contributed by atoms with van der Waals surface area (Å²) in [6.45, 7) is 4.32. The highest BCUT2D eigenvalue weighted by Gasteiger charge is 2.24. The van der Waals surface area contributed by atoms with Crippen LogP contribution in [0.25, 0.3) is 0 Å². The fourth-order valence-electron chi connectivity index (χ4n) is 1.60. The summed E-state index contributed by atoms with van der Waals surface area (Å²) in [4.78, 5) is 1.48. The summed E-state index contributed by atoms with van der Waals surface area (Å²) in [5.74, 6) is 0.124. The van der Waals surface area contributed by atoms with Gasteiger partial charge in [-0.15, -0.1) is 11.3 Å². The zero-order chi connectivity index (χ0) is 14.8. The van der Waals surface area contributed by atoms with Gasteiger partial charge in [0.1, 0.15) is 4.21 Å². The minimum atomic E-state index is -3.52. The molecule has 20 heavy (non-hydrogen) atoms. The summed E-state index contributed by atoms with van der Waals surface area (Å²) in [6.07, 6.45) is 3.14. The number of halogens is 1. The zero-order valence-electron chi connectivity index (χ0n) is 11.0.